The number of hydrogen-bond donors (Lipinski definition) is 1. The fraction of sp³-hybridized carbons (Fsp3) is 0.308. The Morgan fingerprint density at radius 2 is 1.88 bits per heavy atom. The Bertz CT molecular complexity index is 1330. The molecule has 0 spiro atoms. The molecule has 0 atom stereocenters. The van der Waals surface area contributed by atoms with Gasteiger partial charge in [-0.3, -0.25) is 9.30 Å². The van der Waals surface area contributed by atoms with Crippen molar-refractivity contribution in [2.45, 2.75) is 27.3 Å². The molecule has 8 heteroatoms. The third-order valence-corrected chi connectivity index (χ3v) is 5.28. The summed E-state index contributed by atoms with van der Waals surface area (Å²) < 4.78 is 15.6. The van der Waals surface area contributed by atoms with Gasteiger partial charge in [0, 0.05) is 31.0 Å². The Balaban J connectivity index is 1.81. The van der Waals surface area contributed by atoms with Gasteiger partial charge in [-0.1, -0.05) is 20.8 Å². The number of hydrogen-bond acceptors (Lipinski definition) is 6. The number of rotatable bonds is 7. The Labute approximate surface area is 198 Å². The van der Waals surface area contributed by atoms with Crippen molar-refractivity contribution in [3.05, 3.63) is 66.2 Å². The lowest BCUT2D eigenvalue weighted by molar-refractivity contribution is 0.367. The van der Waals surface area contributed by atoms with Gasteiger partial charge in [-0.05, 0) is 60.5 Å². The maximum absolute atomic E-state index is 13.6. The second-order valence-electron chi connectivity index (χ2n) is 9.59. The van der Waals surface area contributed by atoms with Crippen LogP contribution in [0.3, 0.4) is 0 Å². The van der Waals surface area contributed by atoms with E-state index >= 15 is 0 Å². The van der Waals surface area contributed by atoms with Crippen molar-refractivity contribution in [2.24, 2.45) is 5.41 Å². The Kier molecular flexibility index (Phi) is 6.57. The van der Waals surface area contributed by atoms with Crippen molar-refractivity contribution in [1.29, 1.82) is 5.26 Å². The van der Waals surface area contributed by atoms with Gasteiger partial charge in [0.05, 0.1) is 29.7 Å². The normalized spacial score (nSPS) is 11.7. The maximum Gasteiger partial charge on any atom is 0.223 e. The van der Waals surface area contributed by atoms with Gasteiger partial charge in [0.25, 0.3) is 0 Å². The average molecular weight is 458 g/mol. The van der Waals surface area contributed by atoms with Crippen LogP contribution in [0.15, 0.2) is 54.9 Å². The van der Waals surface area contributed by atoms with E-state index in [1.54, 1.807) is 18.3 Å². The maximum atomic E-state index is 13.6. The molecule has 1 N–H and O–H groups in total. The first kappa shape index (κ1) is 23.3. The molecular formula is C26H28FN7. The van der Waals surface area contributed by atoms with Crippen molar-refractivity contribution in [2.75, 3.05) is 25.5 Å². The van der Waals surface area contributed by atoms with Crippen LogP contribution in [0.25, 0.3) is 28.3 Å². The molecule has 0 saturated carbocycles. The minimum absolute atomic E-state index is 0.0804. The van der Waals surface area contributed by atoms with E-state index in [1.807, 2.05) is 40.7 Å². The van der Waals surface area contributed by atoms with Crippen LogP contribution >= 0.6 is 0 Å². The van der Waals surface area contributed by atoms with Crippen molar-refractivity contribution < 1.29 is 4.39 Å². The molecule has 0 saturated heterocycles. The number of anilines is 1. The third-order valence-electron chi connectivity index (χ3n) is 5.28. The summed E-state index contributed by atoms with van der Waals surface area (Å²) in [6, 6.07) is 14.4. The number of nitriles is 1. The van der Waals surface area contributed by atoms with E-state index in [4.69, 9.17) is 15.2 Å². The van der Waals surface area contributed by atoms with Crippen LogP contribution in [0, 0.1) is 22.6 Å². The van der Waals surface area contributed by atoms with Crippen LogP contribution in [0.5, 0.6) is 0 Å². The van der Waals surface area contributed by atoms with Gasteiger partial charge in [0.15, 0.2) is 0 Å². The summed E-state index contributed by atoms with van der Waals surface area (Å²) in [6.45, 7) is 8.14. The molecule has 0 aliphatic carbocycles. The molecule has 3 aromatic heterocycles. The molecule has 0 bridgehead atoms. The van der Waals surface area contributed by atoms with E-state index in [-0.39, 0.29) is 11.2 Å². The van der Waals surface area contributed by atoms with Crippen molar-refractivity contribution in [1.82, 2.24) is 24.3 Å². The van der Waals surface area contributed by atoms with Gasteiger partial charge in [0.1, 0.15) is 11.5 Å². The van der Waals surface area contributed by atoms with Crippen LogP contribution in [-0.4, -0.2) is 44.4 Å². The molecule has 4 aromatic rings. The highest BCUT2D eigenvalue weighted by atomic mass is 19.1. The molecule has 174 valence electrons. The van der Waals surface area contributed by atoms with Gasteiger partial charge in [0.2, 0.25) is 5.95 Å². The molecule has 1 aromatic carbocycles. The second-order valence-corrected chi connectivity index (χ2v) is 9.59. The molecule has 0 aliphatic heterocycles. The minimum atomic E-state index is -0.299. The molecule has 4 rings (SSSR count). The quantitative estimate of drug-likeness (QED) is 0.393. The lowest BCUT2D eigenvalue weighted by Crippen LogP contribution is -2.20. The van der Waals surface area contributed by atoms with Gasteiger partial charge < -0.3 is 5.32 Å². The number of benzene rings is 1. The van der Waals surface area contributed by atoms with Crippen LogP contribution in [0.4, 0.5) is 10.3 Å². The molecule has 34 heavy (non-hydrogen) atoms. The third kappa shape index (κ3) is 5.38. The van der Waals surface area contributed by atoms with Crippen LogP contribution < -0.4 is 5.32 Å². The largest absolute Gasteiger partial charge is 0.354 e. The first-order valence-electron chi connectivity index (χ1n) is 11.1. The Morgan fingerprint density at radius 1 is 1.12 bits per heavy atom. The van der Waals surface area contributed by atoms with E-state index in [9.17, 15) is 4.39 Å². The molecular weight excluding hydrogens is 429 g/mol. The zero-order valence-corrected chi connectivity index (χ0v) is 19.9. The van der Waals surface area contributed by atoms with Crippen molar-refractivity contribution in [3.8, 4) is 28.7 Å². The second kappa shape index (κ2) is 9.57. The highest BCUT2D eigenvalue weighted by Gasteiger charge is 2.19. The topological polar surface area (TPSA) is 82.1 Å². The van der Waals surface area contributed by atoms with Crippen LogP contribution in [0.1, 0.15) is 26.3 Å². The van der Waals surface area contributed by atoms with E-state index in [2.05, 4.69) is 37.1 Å². The fourth-order valence-electron chi connectivity index (χ4n) is 3.65. The Morgan fingerprint density at radius 3 is 2.59 bits per heavy atom. The van der Waals surface area contributed by atoms with Gasteiger partial charge in [-0.25, -0.2) is 19.3 Å². The van der Waals surface area contributed by atoms with E-state index in [0.717, 1.165) is 29.0 Å². The minimum Gasteiger partial charge on any atom is -0.354 e. The summed E-state index contributed by atoms with van der Waals surface area (Å²) in [6.07, 6.45) is 3.69. The highest BCUT2D eigenvalue weighted by Crippen LogP contribution is 2.32. The molecule has 0 amide bonds. The monoisotopic (exact) mass is 457 g/mol. The van der Waals surface area contributed by atoms with E-state index in [0.29, 0.717) is 30.4 Å². The summed E-state index contributed by atoms with van der Waals surface area (Å²) in [5.74, 6) is 0.245. The number of pyridine rings is 1. The van der Waals surface area contributed by atoms with Gasteiger partial charge in [-0.15, -0.1) is 0 Å². The van der Waals surface area contributed by atoms with Gasteiger partial charge >= 0.3 is 0 Å². The van der Waals surface area contributed by atoms with Crippen LogP contribution in [-0.2, 0) is 6.54 Å². The predicted octanol–water partition coefficient (Wildman–Crippen LogP) is 5.01. The summed E-state index contributed by atoms with van der Waals surface area (Å²) in [7, 11) is 1.90. The summed E-state index contributed by atoms with van der Waals surface area (Å²) >= 11 is 0. The Hall–Kier alpha value is -3.83. The van der Waals surface area contributed by atoms with E-state index in [1.165, 1.54) is 12.1 Å². The molecule has 7 nitrogen and oxygen atoms in total. The standard InChI is InChI=1S/C26H28FN7/c1-26(2,3)17-30-25-29-12-9-21(31-25)24-23(19-5-7-20(27)8-6-19)32-22-15-18(10-13-34(22)24)16-33(4)14-11-28/h5-10,12-13,15H,14,16-17H2,1-4H3,(H,29,30,31). The van der Waals surface area contributed by atoms with Gasteiger partial charge in [-0.2, -0.15) is 5.26 Å². The summed E-state index contributed by atoms with van der Waals surface area (Å²) in [4.78, 5) is 16.0. The zero-order chi connectivity index (χ0) is 24.3. The molecule has 0 unspecified atom stereocenters. The van der Waals surface area contributed by atoms with E-state index < -0.39 is 0 Å². The highest BCUT2D eigenvalue weighted by molar-refractivity contribution is 5.80. The molecule has 0 radical (unpaired) electrons. The number of halogens is 1. The fourth-order valence-corrected chi connectivity index (χ4v) is 3.65. The lowest BCUT2D eigenvalue weighted by atomic mass is 9.97. The predicted molar refractivity (Wildman–Crippen MR) is 132 cm³/mol. The van der Waals surface area contributed by atoms with Crippen molar-refractivity contribution >= 4 is 11.6 Å². The SMILES string of the molecule is CN(CC#N)Cc1ccn2c(-c3ccnc(NCC(C)(C)C)n3)c(-c3ccc(F)cc3)nc2c1. The number of nitrogens with one attached hydrogen (secondary N) is 1. The number of fused-ring (bicyclic) bond motifs is 1. The average Bonchev–Trinajstić information content (AvgIpc) is 3.17. The smallest absolute Gasteiger partial charge is 0.223 e. The molecule has 0 aliphatic rings. The molecule has 0 fully saturated rings. The number of aromatic nitrogens is 4. The van der Waals surface area contributed by atoms with Crippen molar-refractivity contribution in [3.63, 3.8) is 0 Å². The lowest BCUT2D eigenvalue weighted by Gasteiger charge is -2.18. The molecule has 3 heterocycles. The summed E-state index contributed by atoms with van der Waals surface area (Å²) in [5, 5.41) is 12.3. The van der Waals surface area contributed by atoms with Crippen LogP contribution in [0.2, 0.25) is 0 Å². The first-order valence-corrected chi connectivity index (χ1v) is 11.1. The number of nitrogens with zero attached hydrogens (tertiary/aromatic N) is 6. The summed E-state index contributed by atoms with van der Waals surface area (Å²) in [5.41, 5.74) is 4.90. The number of imidazole rings is 1. The first-order chi connectivity index (χ1) is 16.2. The zero-order valence-electron chi connectivity index (χ0n) is 19.9.